The van der Waals surface area contributed by atoms with Crippen molar-refractivity contribution >= 4 is 16.9 Å². The Balaban J connectivity index is 1.83. The van der Waals surface area contributed by atoms with Gasteiger partial charge in [-0.3, -0.25) is 4.79 Å². The summed E-state index contributed by atoms with van der Waals surface area (Å²) in [5, 5.41) is 14.7. The topological polar surface area (TPSA) is 90.3 Å². The molecule has 5 rings (SSSR count). The number of carboxylic acids is 1. The SMILES string of the molecule is CC(C)C1Cc2c(oc3c(-n4cccn4)cccc23)-c2cc(=O)c(C(=O)O)cn21. The van der Waals surface area contributed by atoms with Crippen LogP contribution in [-0.2, 0) is 6.42 Å². The van der Waals surface area contributed by atoms with E-state index in [1.54, 1.807) is 10.9 Å². The molecule has 0 bridgehead atoms. The number of aromatic carboxylic acids is 1. The van der Waals surface area contributed by atoms with Gasteiger partial charge in [-0.05, 0) is 24.5 Å². The lowest BCUT2D eigenvalue weighted by atomic mass is 9.89. The molecule has 7 nitrogen and oxygen atoms in total. The number of nitrogens with zero attached hydrogens (tertiary/aromatic N) is 3. The van der Waals surface area contributed by atoms with Crippen molar-refractivity contribution in [2.45, 2.75) is 26.3 Å². The van der Waals surface area contributed by atoms with Gasteiger partial charge in [-0.1, -0.05) is 26.0 Å². The maximum absolute atomic E-state index is 12.4. The normalized spacial score (nSPS) is 15.5. The molecule has 1 aromatic carbocycles. The molecule has 0 saturated carbocycles. The van der Waals surface area contributed by atoms with Crippen molar-refractivity contribution in [3.05, 3.63) is 70.3 Å². The fraction of sp³-hybridized carbons (Fsp3) is 0.227. The van der Waals surface area contributed by atoms with Crippen LogP contribution in [0.3, 0.4) is 0 Å². The van der Waals surface area contributed by atoms with Crippen LogP contribution in [0.4, 0.5) is 0 Å². The summed E-state index contributed by atoms with van der Waals surface area (Å²) in [6, 6.07) is 9.16. The smallest absolute Gasteiger partial charge is 0.341 e. The second kappa shape index (κ2) is 6.20. The average molecular weight is 389 g/mol. The molecule has 1 aliphatic heterocycles. The van der Waals surface area contributed by atoms with E-state index in [0.717, 1.165) is 16.6 Å². The number of pyridine rings is 1. The van der Waals surface area contributed by atoms with Gasteiger partial charge in [-0.25, -0.2) is 9.48 Å². The molecule has 29 heavy (non-hydrogen) atoms. The molecule has 1 atom stereocenters. The van der Waals surface area contributed by atoms with Gasteiger partial charge in [0.05, 0.1) is 5.69 Å². The van der Waals surface area contributed by atoms with Crippen LogP contribution >= 0.6 is 0 Å². The monoisotopic (exact) mass is 389 g/mol. The highest BCUT2D eigenvalue weighted by atomic mass is 16.4. The first kappa shape index (κ1) is 17.5. The largest absolute Gasteiger partial charge is 0.477 e. The lowest BCUT2D eigenvalue weighted by Gasteiger charge is -2.31. The number of furan rings is 1. The molecule has 4 aromatic rings. The van der Waals surface area contributed by atoms with E-state index in [0.29, 0.717) is 23.5 Å². The molecule has 0 radical (unpaired) electrons. The van der Waals surface area contributed by atoms with Crippen LogP contribution in [0.1, 0.15) is 35.8 Å². The Bertz CT molecular complexity index is 1310. The van der Waals surface area contributed by atoms with Crippen LogP contribution in [0.2, 0.25) is 0 Å². The third-order valence-corrected chi connectivity index (χ3v) is 5.63. The molecular formula is C22H19N3O4. The number of carboxylic acid groups (broad SMARTS) is 1. The number of fused-ring (bicyclic) bond motifs is 5. The minimum absolute atomic E-state index is 0.0189. The minimum atomic E-state index is -1.22. The zero-order valence-electron chi connectivity index (χ0n) is 16.0. The lowest BCUT2D eigenvalue weighted by Crippen LogP contribution is -2.27. The first-order valence-electron chi connectivity index (χ1n) is 9.50. The van der Waals surface area contributed by atoms with Crippen LogP contribution in [0.25, 0.3) is 28.1 Å². The number of carbonyl (C=O) groups is 1. The third-order valence-electron chi connectivity index (χ3n) is 5.63. The second-order valence-electron chi connectivity index (χ2n) is 7.68. The average Bonchev–Trinajstić information content (AvgIpc) is 3.34. The van der Waals surface area contributed by atoms with Crippen LogP contribution in [-0.4, -0.2) is 25.4 Å². The zero-order valence-corrected chi connectivity index (χ0v) is 16.0. The van der Waals surface area contributed by atoms with Crippen LogP contribution in [0, 0.1) is 5.92 Å². The molecule has 3 aromatic heterocycles. The minimum Gasteiger partial charge on any atom is -0.477 e. The maximum atomic E-state index is 12.4. The van der Waals surface area contributed by atoms with Crippen molar-refractivity contribution in [3.8, 4) is 17.1 Å². The first-order valence-corrected chi connectivity index (χ1v) is 9.50. The standard InChI is InChI=1S/C22H19N3O4/c1-12(2)17-9-14-13-5-3-6-16(25-8-4-7-23-25)20(13)29-21(14)18-10-19(26)15(22(27)28)11-24(17)18/h3-8,10-12,17H,9H2,1-2H3,(H,27,28). The fourth-order valence-corrected chi connectivity index (χ4v) is 4.19. The highest BCUT2D eigenvalue weighted by molar-refractivity contribution is 5.93. The van der Waals surface area contributed by atoms with E-state index in [2.05, 4.69) is 18.9 Å². The molecule has 0 spiro atoms. The van der Waals surface area contributed by atoms with Crippen molar-refractivity contribution in [3.63, 3.8) is 0 Å². The number of para-hydroxylation sites is 1. The van der Waals surface area contributed by atoms with E-state index in [1.165, 1.54) is 12.3 Å². The van der Waals surface area contributed by atoms with Gasteiger partial charge in [-0.2, -0.15) is 5.10 Å². The molecule has 1 N–H and O–H groups in total. The zero-order chi connectivity index (χ0) is 20.3. The molecule has 146 valence electrons. The molecule has 0 aliphatic carbocycles. The van der Waals surface area contributed by atoms with Crippen molar-refractivity contribution in [2.24, 2.45) is 5.92 Å². The summed E-state index contributed by atoms with van der Waals surface area (Å²) in [4.78, 5) is 23.9. The Hall–Kier alpha value is -3.61. The Kier molecular flexibility index (Phi) is 3.74. The molecule has 4 heterocycles. The van der Waals surface area contributed by atoms with Crippen molar-refractivity contribution in [1.82, 2.24) is 14.3 Å². The highest BCUT2D eigenvalue weighted by Crippen LogP contribution is 2.43. The predicted octanol–water partition coefficient (Wildman–Crippen LogP) is 3.90. The number of rotatable bonds is 3. The first-order chi connectivity index (χ1) is 14.0. The quantitative estimate of drug-likeness (QED) is 0.574. The predicted molar refractivity (Wildman–Crippen MR) is 108 cm³/mol. The molecule has 1 aliphatic rings. The van der Waals surface area contributed by atoms with Crippen molar-refractivity contribution < 1.29 is 14.3 Å². The van der Waals surface area contributed by atoms with E-state index < -0.39 is 11.4 Å². The van der Waals surface area contributed by atoms with Gasteiger partial charge in [0.2, 0.25) is 0 Å². The fourth-order valence-electron chi connectivity index (χ4n) is 4.19. The van der Waals surface area contributed by atoms with Crippen molar-refractivity contribution in [1.29, 1.82) is 0 Å². The van der Waals surface area contributed by atoms with Gasteiger partial charge < -0.3 is 14.1 Å². The van der Waals surface area contributed by atoms with Crippen LogP contribution in [0.5, 0.6) is 0 Å². The summed E-state index contributed by atoms with van der Waals surface area (Å²) in [7, 11) is 0. The van der Waals surface area contributed by atoms with E-state index >= 15 is 0 Å². The van der Waals surface area contributed by atoms with E-state index in [-0.39, 0.29) is 17.5 Å². The molecule has 1 unspecified atom stereocenters. The maximum Gasteiger partial charge on any atom is 0.341 e. The summed E-state index contributed by atoms with van der Waals surface area (Å²) in [6.07, 6.45) is 5.70. The van der Waals surface area contributed by atoms with Gasteiger partial charge in [0.1, 0.15) is 11.3 Å². The number of hydrogen-bond acceptors (Lipinski definition) is 4. The Labute approximate surface area is 165 Å². The summed E-state index contributed by atoms with van der Waals surface area (Å²) in [5.74, 6) is -0.361. The van der Waals surface area contributed by atoms with Gasteiger partial charge in [0, 0.05) is 41.6 Å². The second-order valence-corrected chi connectivity index (χ2v) is 7.68. The molecule has 7 heteroatoms. The van der Waals surface area contributed by atoms with Gasteiger partial charge in [0.25, 0.3) is 0 Å². The Morgan fingerprint density at radius 1 is 1.31 bits per heavy atom. The van der Waals surface area contributed by atoms with Crippen LogP contribution in [0.15, 0.2) is 58.1 Å². The summed E-state index contributed by atoms with van der Waals surface area (Å²) in [5.41, 5.74) is 2.42. The highest BCUT2D eigenvalue weighted by Gasteiger charge is 2.32. The third kappa shape index (κ3) is 2.54. The summed E-state index contributed by atoms with van der Waals surface area (Å²) in [6.45, 7) is 4.19. The lowest BCUT2D eigenvalue weighted by molar-refractivity contribution is 0.0694. The summed E-state index contributed by atoms with van der Waals surface area (Å²) >= 11 is 0. The number of aromatic nitrogens is 3. The van der Waals surface area contributed by atoms with Gasteiger partial charge in [-0.15, -0.1) is 0 Å². The number of hydrogen-bond donors (Lipinski definition) is 1. The Morgan fingerprint density at radius 3 is 2.83 bits per heavy atom. The van der Waals surface area contributed by atoms with Crippen molar-refractivity contribution in [2.75, 3.05) is 0 Å². The van der Waals surface area contributed by atoms with E-state index in [1.807, 2.05) is 35.0 Å². The molecule has 0 fully saturated rings. The van der Waals surface area contributed by atoms with Gasteiger partial charge in [0.15, 0.2) is 16.8 Å². The Morgan fingerprint density at radius 2 is 2.14 bits per heavy atom. The molecular weight excluding hydrogens is 370 g/mol. The molecule has 0 saturated heterocycles. The number of benzene rings is 1. The van der Waals surface area contributed by atoms with E-state index in [4.69, 9.17) is 4.42 Å². The summed E-state index contributed by atoms with van der Waals surface area (Å²) < 4.78 is 9.92. The molecule has 0 amide bonds. The van der Waals surface area contributed by atoms with Crippen LogP contribution < -0.4 is 5.43 Å². The van der Waals surface area contributed by atoms with E-state index in [9.17, 15) is 14.7 Å². The van der Waals surface area contributed by atoms with Gasteiger partial charge >= 0.3 is 5.97 Å².